The molecule has 1 heterocycles. The second-order valence-corrected chi connectivity index (χ2v) is 7.49. The normalized spacial score (nSPS) is 24.4. The zero-order valence-corrected chi connectivity index (χ0v) is 15.1. The van der Waals surface area contributed by atoms with Gasteiger partial charge < -0.3 is 0 Å². The second-order valence-electron chi connectivity index (χ2n) is 7.49. The van der Waals surface area contributed by atoms with Gasteiger partial charge in [-0.2, -0.15) is 10.2 Å². The monoisotopic (exact) mass is 352 g/mol. The molecule has 1 amide bonds. The second kappa shape index (κ2) is 7.02. The van der Waals surface area contributed by atoms with E-state index in [0.29, 0.717) is 10.8 Å². The fourth-order valence-electron chi connectivity index (χ4n) is 4.44. The Balaban J connectivity index is 1.55. The maximum absolute atomic E-state index is 12.7. The van der Waals surface area contributed by atoms with Crippen molar-refractivity contribution in [2.24, 2.45) is 24.0 Å². The summed E-state index contributed by atoms with van der Waals surface area (Å²) in [5.41, 5.74) is 3.78. The average molecular weight is 352 g/mol. The molecule has 1 aromatic heterocycles. The van der Waals surface area contributed by atoms with E-state index in [1.54, 1.807) is 31.3 Å². The van der Waals surface area contributed by atoms with Crippen molar-refractivity contribution < 1.29 is 4.79 Å². The summed E-state index contributed by atoms with van der Waals surface area (Å²) in [6.07, 6.45) is 8.43. The van der Waals surface area contributed by atoms with Crippen molar-refractivity contribution in [3.63, 3.8) is 0 Å². The number of aromatic nitrogens is 2. The molecule has 2 aliphatic carbocycles. The smallest absolute Gasteiger partial charge is 0.267 e. The van der Waals surface area contributed by atoms with Gasteiger partial charge in [0, 0.05) is 18.1 Å². The Morgan fingerprint density at radius 2 is 1.88 bits per heavy atom. The molecule has 0 bridgehead atoms. The number of benzene rings is 1. The molecule has 0 saturated heterocycles. The van der Waals surface area contributed by atoms with E-state index in [2.05, 4.69) is 15.6 Å². The number of aryl methyl sites for hydroxylation is 1. The van der Waals surface area contributed by atoms with Gasteiger partial charge >= 0.3 is 0 Å². The van der Waals surface area contributed by atoms with E-state index >= 15 is 0 Å². The van der Waals surface area contributed by atoms with Crippen molar-refractivity contribution in [3.05, 3.63) is 40.3 Å². The molecule has 26 heavy (non-hydrogen) atoms. The summed E-state index contributed by atoms with van der Waals surface area (Å²) in [7, 11) is 1.56. The average Bonchev–Trinajstić information content (AvgIpc) is 2.68. The lowest BCUT2D eigenvalue weighted by Crippen LogP contribution is -2.31. The van der Waals surface area contributed by atoms with Crippen LogP contribution in [-0.2, 0) is 7.05 Å². The third-order valence-electron chi connectivity index (χ3n) is 5.86. The fraction of sp³-hybridized carbons (Fsp3) is 0.500. The zero-order chi connectivity index (χ0) is 18.1. The summed E-state index contributed by atoms with van der Waals surface area (Å²) in [4.78, 5) is 24.8. The van der Waals surface area contributed by atoms with Crippen molar-refractivity contribution in [2.75, 3.05) is 0 Å². The van der Waals surface area contributed by atoms with Crippen molar-refractivity contribution in [3.8, 4) is 0 Å². The summed E-state index contributed by atoms with van der Waals surface area (Å²) < 4.78 is 1.21. The predicted octanol–water partition coefficient (Wildman–Crippen LogP) is 3.01. The molecular weight excluding hydrogens is 328 g/mol. The van der Waals surface area contributed by atoms with E-state index in [4.69, 9.17) is 0 Å². The van der Waals surface area contributed by atoms with E-state index in [-0.39, 0.29) is 17.2 Å². The van der Waals surface area contributed by atoms with Crippen molar-refractivity contribution >= 4 is 22.4 Å². The van der Waals surface area contributed by atoms with Gasteiger partial charge in [-0.05, 0) is 43.6 Å². The van der Waals surface area contributed by atoms with Gasteiger partial charge in [-0.25, -0.2) is 10.1 Å². The number of fused-ring (bicyclic) bond motifs is 2. The Morgan fingerprint density at radius 1 is 1.15 bits per heavy atom. The number of carbonyl (C=O) groups excluding carboxylic acids is 1. The first-order valence-corrected chi connectivity index (χ1v) is 9.45. The largest absolute Gasteiger partial charge is 0.292 e. The molecule has 136 valence electrons. The summed E-state index contributed by atoms with van der Waals surface area (Å²) in [5.74, 6) is 1.20. The number of carbonyl (C=O) groups is 1. The van der Waals surface area contributed by atoms with Crippen molar-refractivity contribution in [1.29, 1.82) is 0 Å². The van der Waals surface area contributed by atoms with Crippen LogP contribution in [-0.4, -0.2) is 21.4 Å². The first kappa shape index (κ1) is 16.9. The van der Waals surface area contributed by atoms with Gasteiger partial charge in [-0.3, -0.25) is 9.59 Å². The summed E-state index contributed by atoms with van der Waals surface area (Å²) in [6.45, 7) is 0. The molecule has 1 N–H and O–H groups in total. The topological polar surface area (TPSA) is 76.3 Å². The van der Waals surface area contributed by atoms with Gasteiger partial charge in [0.05, 0.1) is 5.39 Å². The Bertz CT molecular complexity index is 931. The van der Waals surface area contributed by atoms with Gasteiger partial charge in [0.25, 0.3) is 11.5 Å². The summed E-state index contributed by atoms with van der Waals surface area (Å²) in [5, 5.41) is 9.60. The Labute approximate surface area is 152 Å². The lowest BCUT2D eigenvalue weighted by atomic mass is 9.70. The van der Waals surface area contributed by atoms with Crippen LogP contribution >= 0.6 is 0 Å². The van der Waals surface area contributed by atoms with Crippen molar-refractivity contribution in [1.82, 2.24) is 15.2 Å². The van der Waals surface area contributed by atoms with Crippen LogP contribution < -0.4 is 11.0 Å². The maximum atomic E-state index is 12.7. The van der Waals surface area contributed by atoms with Crippen LogP contribution in [0.5, 0.6) is 0 Å². The van der Waals surface area contributed by atoms with E-state index in [0.717, 1.165) is 30.4 Å². The quantitative estimate of drug-likeness (QED) is 0.844. The van der Waals surface area contributed by atoms with Crippen LogP contribution in [0.3, 0.4) is 0 Å². The molecule has 6 heteroatoms. The molecule has 2 atom stereocenters. The van der Waals surface area contributed by atoms with E-state index in [1.807, 2.05) is 0 Å². The van der Waals surface area contributed by atoms with Crippen LogP contribution in [0.1, 0.15) is 55.4 Å². The number of hydrogen-bond donors (Lipinski definition) is 1. The Kier molecular flexibility index (Phi) is 4.57. The van der Waals surface area contributed by atoms with Gasteiger partial charge in [0.15, 0.2) is 5.69 Å². The van der Waals surface area contributed by atoms with Crippen LogP contribution in [0, 0.1) is 11.8 Å². The van der Waals surface area contributed by atoms with Crippen LogP contribution in [0.15, 0.2) is 34.2 Å². The van der Waals surface area contributed by atoms with Gasteiger partial charge in [0.1, 0.15) is 0 Å². The molecule has 0 radical (unpaired) electrons. The number of amides is 1. The van der Waals surface area contributed by atoms with Crippen LogP contribution in [0.2, 0.25) is 0 Å². The summed E-state index contributed by atoms with van der Waals surface area (Å²) in [6, 6.07) is 7.05. The molecule has 6 nitrogen and oxygen atoms in total. The fourth-order valence-corrected chi connectivity index (χ4v) is 4.44. The molecule has 0 aliphatic heterocycles. The number of nitrogens with one attached hydrogen (secondary N) is 1. The highest BCUT2D eigenvalue weighted by Crippen LogP contribution is 2.39. The minimum atomic E-state index is -0.366. The van der Waals surface area contributed by atoms with E-state index in [9.17, 15) is 9.59 Å². The van der Waals surface area contributed by atoms with E-state index < -0.39 is 0 Å². The highest BCUT2D eigenvalue weighted by atomic mass is 16.2. The third-order valence-corrected chi connectivity index (χ3v) is 5.86. The predicted molar refractivity (Wildman–Crippen MR) is 101 cm³/mol. The SMILES string of the molecule is Cn1nc(C(=O)N/N=C2/CC[C@H]3CCCC[C@H]3C2)c2ccccc2c1=O. The molecule has 4 rings (SSSR count). The first-order chi connectivity index (χ1) is 12.6. The van der Waals surface area contributed by atoms with Crippen LogP contribution in [0.4, 0.5) is 0 Å². The Morgan fingerprint density at radius 3 is 2.69 bits per heavy atom. The number of hydrazone groups is 1. The minimum Gasteiger partial charge on any atom is -0.267 e. The molecule has 1 aromatic carbocycles. The van der Waals surface area contributed by atoms with Gasteiger partial charge in [-0.1, -0.05) is 37.5 Å². The standard InChI is InChI=1S/C20H24N4O2/c1-24-20(26)17-9-5-4-8-16(17)18(23-24)19(25)22-21-15-11-10-13-6-2-3-7-14(13)12-15/h4-5,8-9,13-14H,2-3,6-7,10-12H2,1H3,(H,22,25)/b21-15-/t13-,14+/m1/s1. The molecule has 0 spiro atoms. The molecular formula is C20H24N4O2. The number of nitrogens with zero attached hydrogens (tertiary/aromatic N) is 3. The highest BCUT2D eigenvalue weighted by molar-refractivity contribution is 6.05. The Hall–Kier alpha value is -2.50. The number of hydrogen-bond acceptors (Lipinski definition) is 4. The van der Waals surface area contributed by atoms with Crippen molar-refractivity contribution in [2.45, 2.75) is 44.9 Å². The molecule has 2 aliphatic rings. The van der Waals surface area contributed by atoms with E-state index in [1.165, 1.54) is 36.8 Å². The van der Waals surface area contributed by atoms with Crippen LogP contribution in [0.25, 0.3) is 10.8 Å². The minimum absolute atomic E-state index is 0.209. The summed E-state index contributed by atoms with van der Waals surface area (Å²) >= 11 is 0. The third kappa shape index (κ3) is 3.16. The molecule has 2 aromatic rings. The molecule has 2 fully saturated rings. The maximum Gasteiger partial charge on any atom is 0.292 e. The first-order valence-electron chi connectivity index (χ1n) is 9.45. The number of rotatable bonds is 2. The van der Waals surface area contributed by atoms with Gasteiger partial charge in [0.2, 0.25) is 0 Å². The molecule has 0 unspecified atom stereocenters. The lowest BCUT2D eigenvalue weighted by Gasteiger charge is -2.35. The highest BCUT2D eigenvalue weighted by Gasteiger charge is 2.30. The van der Waals surface area contributed by atoms with Gasteiger partial charge in [-0.15, -0.1) is 0 Å². The molecule has 2 saturated carbocycles. The zero-order valence-electron chi connectivity index (χ0n) is 15.1. The lowest BCUT2D eigenvalue weighted by molar-refractivity contribution is 0.0949.